The monoisotopic (exact) mass is 361 g/mol. The number of carbonyl (C=O) groups is 2. The standard InChI is InChI=1S/C17H16FN3O3S/c1-4-24-17(23)14-9(2)10(3)25-16(14)20-15(22)12-8-21-7-11(18)5-6-13(21)19-12/h5-8H,4H2,1-3H3,(H,20,22). The average molecular weight is 361 g/mol. The number of anilines is 1. The van der Waals surface area contributed by atoms with Crippen LogP contribution in [0.25, 0.3) is 5.65 Å². The van der Waals surface area contributed by atoms with E-state index >= 15 is 0 Å². The lowest BCUT2D eigenvalue weighted by atomic mass is 10.1. The highest BCUT2D eigenvalue weighted by Gasteiger charge is 2.23. The Morgan fingerprint density at radius 2 is 2.08 bits per heavy atom. The van der Waals surface area contributed by atoms with Crippen LogP contribution in [0.4, 0.5) is 9.39 Å². The molecule has 0 unspecified atom stereocenters. The first-order valence-electron chi connectivity index (χ1n) is 7.63. The van der Waals surface area contributed by atoms with Gasteiger partial charge in [0.05, 0.1) is 12.2 Å². The van der Waals surface area contributed by atoms with Crippen molar-refractivity contribution in [1.82, 2.24) is 9.38 Å². The molecule has 6 nitrogen and oxygen atoms in total. The van der Waals surface area contributed by atoms with Crippen LogP contribution in [0.5, 0.6) is 0 Å². The number of fused-ring (bicyclic) bond motifs is 1. The third kappa shape index (κ3) is 3.25. The number of amides is 1. The van der Waals surface area contributed by atoms with E-state index in [0.717, 1.165) is 10.4 Å². The number of halogens is 1. The molecule has 0 aromatic carbocycles. The number of hydrogen-bond acceptors (Lipinski definition) is 5. The minimum atomic E-state index is -0.476. The third-order valence-corrected chi connectivity index (χ3v) is 4.86. The first-order chi connectivity index (χ1) is 11.9. The van der Waals surface area contributed by atoms with Gasteiger partial charge in [0, 0.05) is 17.3 Å². The quantitative estimate of drug-likeness (QED) is 0.721. The zero-order chi connectivity index (χ0) is 18.1. The summed E-state index contributed by atoms with van der Waals surface area (Å²) in [5, 5.41) is 3.13. The molecule has 0 saturated heterocycles. The van der Waals surface area contributed by atoms with Crippen molar-refractivity contribution in [3.8, 4) is 0 Å². The SMILES string of the molecule is CCOC(=O)c1c(NC(=O)c2cn3cc(F)ccc3n2)sc(C)c1C. The Bertz CT molecular complexity index is 977. The van der Waals surface area contributed by atoms with Crippen molar-refractivity contribution in [3.05, 3.63) is 52.0 Å². The molecule has 0 bridgehead atoms. The van der Waals surface area contributed by atoms with E-state index in [1.165, 1.54) is 40.3 Å². The number of aromatic nitrogens is 2. The summed E-state index contributed by atoms with van der Waals surface area (Å²) in [5.41, 5.74) is 1.71. The number of thiophene rings is 1. The van der Waals surface area contributed by atoms with Gasteiger partial charge in [-0.05, 0) is 38.5 Å². The molecule has 0 fully saturated rings. The van der Waals surface area contributed by atoms with Gasteiger partial charge in [-0.25, -0.2) is 14.2 Å². The van der Waals surface area contributed by atoms with Crippen LogP contribution < -0.4 is 5.32 Å². The van der Waals surface area contributed by atoms with Gasteiger partial charge in [-0.15, -0.1) is 11.3 Å². The Hall–Kier alpha value is -2.74. The van der Waals surface area contributed by atoms with Gasteiger partial charge in [0.1, 0.15) is 22.2 Å². The molecule has 130 valence electrons. The molecule has 0 radical (unpaired) electrons. The van der Waals surface area contributed by atoms with Crippen molar-refractivity contribution >= 4 is 33.9 Å². The van der Waals surface area contributed by atoms with Crippen LogP contribution >= 0.6 is 11.3 Å². The Morgan fingerprint density at radius 1 is 1.32 bits per heavy atom. The maximum atomic E-state index is 13.3. The molecular weight excluding hydrogens is 345 g/mol. The lowest BCUT2D eigenvalue weighted by Crippen LogP contribution is -2.15. The second-order valence-electron chi connectivity index (χ2n) is 5.40. The van der Waals surface area contributed by atoms with Gasteiger partial charge in [0.25, 0.3) is 5.91 Å². The van der Waals surface area contributed by atoms with Gasteiger partial charge >= 0.3 is 5.97 Å². The molecule has 1 amide bonds. The van der Waals surface area contributed by atoms with Crippen molar-refractivity contribution in [2.75, 3.05) is 11.9 Å². The smallest absolute Gasteiger partial charge is 0.341 e. The van der Waals surface area contributed by atoms with E-state index in [0.29, 0.717) is 16.2 Å². The molecule has 0 aliphatic rings. The van der Waals surface area contributed by atoms with Crippen LogP contribution in [-0.2, 0) is 4.74 Å². The summed E-state index contributed by atoms with van der Waals surface area (Å²) < 4.78 is 19.8. The Balaban J connectivity index is 1.92. The van der Waals surface area contributed by atoms with E-state index in [1.807, 2.05) is 6.92 Å². The lowest BCUT2D eigenvalue weighted by Gasteiger charge is -2.06. The predicted molar refractivity (Wildman–Crippen MR) is 92.9 cm³/mol. The second kappa shape index (κ2) is 6.64. The number of nitrogens with one attached hydrogen (secondary N) is 1. The fourth-order valence-electron chi connectivity index (χ4n) is 2.41. The van der Waals surface area contributed by atoms with Crippen molar-refractivity contribution in [2.24, 2.45) is 0 Å². The van der Waals surface area contributed by atoms with Crippen LogP contribution in [0.15, 0.2) is 24.5 Å². The van der Waals surface area contributed by atoms with E-state index in [-0.39, 0.29) is 12.3 Å². The number of nitrogens with zero attached hydrogens (tertiary/aromatic N) is 2. The normalized spacial score (nSPS) is 10.9. The summed E-state index contributed by atoms with van der Waals surface area (Å²) in [4.78, 5) is 29.7. The molecule has 8 heteroatoms. The average Bonchev–Trinajstić information content (AvgIpc) is 3.09. The largest absolute Gasteiger partial charge is 0.462 e. The zero-order valence-corrected chi connectivity index (χ0v) is 14.7. The zero-order valence-electron chi connectivity index (χ0n) is 13.9. The number of aryl methyl sites for hydroxylation is 1. The Kier molecular flexibility index (Phi) is 4.54. The summed E-state index contributed by atoms with van der Waals surface area (Å²) in [5.74, 6) is -1.38. The van der Waals surface area contributed by atoms with Crippen molar-refractivity contribution in [1.29, 1.82) is 0 Å². The molecule has 0 atom stereocenters. The summed E-state index contributed by atoms with van der Waals surface area (Å²) >= 11 is 1.30. The van der Waals surface area contributed by atoms with E-state index in [4.69, 9.17) is 4.74 Å². The van der Waals surface area contributed by atoms with Gasteiger partial charge < -0.3 is 14.5 Å². The number of pyridine rings is 1. The van der Waals surface area contributed by atoms with Crippen LogP contribution in [0.2, 0.25) is 0 Å². The highest BCUT2D eigenvalue weighted by Crippen LogP contribution is 2.33. The van der Waals surface area contributed by atoms with E-state index in [2.05, 4.69) is 10.3 Å². The molecule has 3 heterocycles. The Labute approximate surface area is 147 Å². The van der Waals surface area contributed by atoms with Gasteiger partial charge in [-0.2, -0.15) is 0 Å². The summed E-state index contributed by atoms with van der Waals surface area (Å²) in [6.45, 7) is 5.65. The first-order valence-corrected chi connectivity index (χ1v) is 8.45. The number of carbonyl (C=O) groups excluding carboxylic acids is 2. The van der Waals surface area contributed by atoms with E-state index in [9.17, 15) is 14.0 Å². The highest BCUT2D eigenvalue weighted by molar-refractivity contribution is 7.16. The Morgan fingerprint density at radius 3 is 2.80 bits per heavy atom. The molecule has 0 aliphatic carbocycles. The summed E-state index contributed by atoms with van der Waals surface area (Å²) in [6.07, 6.45) is 2.67. The fourth-order valence-corrected chi connectivity index (χ4v) is 3.45. The molecule has 1 N–H and O–H groups in total. The maximum absolute atomic E-state index is 13.3. The number of imidazole rings is 1. The fraction of sp³-hybridized carbons (Fsp3) is 0.235. The molecule has 25 heavy (non-hydrogen) atoms. The molecule has 0 spiro atoms. The number of ether oxygens (including phenoxy) is 1. The predicted octanol–water partition coefficient (Wildman–Crippen LogP) is 3.58. The van der Waals surface area contributed by atoms with Gasteiger partial charge in [0.2, 0.25) is 0 Å². The molecule has 3 aromatic rings. The highest BCUT2D eigenvalue weighted by atomic mass is 32.1. The minimum Gasteiger partial charge on any atom is -0.462 e. The summed E-state index contributed by atoms with van der Waals surface area (Å²) in [6, 6.07) is 2.75. The maximum Gasteiger partial charge on any atom is 0.341 e. The molecular formula is C17H16FN3O3S. The van der Waals surface area contributed by atoms with E-state index < -0.39 is 17.7 Å². The third-order valence-electron chi connectivity index (χ3n) is 3.74. The van der Waals surface area contributed by atoms with Crippen LogP contribution in [-0.4, -0.2) is 27.9 Å². The van der Waals surface area contributed by atoms with Gasteiger partial charge in [0.15, 0.2) is 0 Å². The van der Waals surface area contributed by atoms with Crippen LogP contribution in [0, 0.1) is 19.7 Å². The number of rotatable bonds is 4. The molecule has 0 saturated carbocycles. The van der Waals surface area contributed by atoms with Crippen LogP contribution in [0.3, 0.4) is 0 Å². The molecule has 3 rings (SSSR count). The topological polar surface area (TPSA) is 72.7 Å². The van der Waals surface area contributed by atoms with Crippen molar-refractivity contribution in [2.45, 2.75) is 20.8 Å². The van der Waals surface area contributed by atoms with Gasteiger partial charge in [-0.3, -0.25) is 4.79 Å². The van der Waals surface area contributed by atoms with Crippen molar-refractivity contribution in [3.63, 3.8) is 0 Å². The minimum absolute atomic E-state index is 0.129. The number of esters is 1. The lowest BCUT2D eigenvalue weighted by molar-refractivity contribution is 0.0527. The van der Waals surface area contributed by atoms with Crippen molar-refractivity contribution < 1.29 is 18.7 Å². The van der Waals surface area contributed by atoms with E-state index in [1.54, 1.807) is 13.8 Å². The van der Waals surface area contributed by atoms with Crippen LogP contribution in [0.1, 0.15) is 38.2 Å². The molecule has 0 aliphatic heterocycles. The summed E-state index contributed by atoms with van der Waals surface area (Å²) in [7, 11) is 0. The number of hydrogen-bond donors (Lipinski definition) is 1. The molecule has 3 aromatic heterocycles. The first kappa shape index (κ1) is 17.1. The second-order valence-corrected chi connectivity index (χ2v) is 6.63. The van der Waals surface area contributed by atoms with Gasteiger partial charge in [-0.1, -0.05) is 0 Å².